The molecular weight excluding hydrogens is 534 g/mol. The van der Waals surface area contributed by atoms with Crippen LogP contribution in [-0.4, -0.2) is 59.4 Å². The molecule has 6 nitrogen and oxygen atoms in total. The largest absolute Gasteiger partial charge is 0.332 e. The SMILES string of the molecule is O=C(CN(CCN1CCCC1)C(=O)Nc1ccc(Cl)cc1Cl)N(Cc1ccc(F)cc1)Cc1cccs1. The van der Waals surface area contributed by atoms with Crippen LogP contribution in [0.3, 0.4) is 0 Å². The number of amides is 3. The van der Waals surface area contributed by atoms with Crippen molar-refractivity contribution in [2.75, 3.05) is 38.0 Å². The molecule has 37 heavy (non-hydrogen) atoms. The summed E-state index contributed by atoms with van der Waals surface area (Å²) in [5.74, 6) is -0.526. The number of nitrogens with zero attached hydrogens (tertiary/aromatic N) is 3. The molecule has 3 aromatic rings. The van der Waals surface area contributed by atoms with E-state index in [4.69, 9.17) is 23.2 Å². The van der Waals surface area contributed by atoms with Crippen LogP contribution in [0.4, 0.5) is 14.9 Å². The quantitative estimate of drug-likeness (QED) is 0.313. The highest BCUT2D eigenvalue weighted by Gasteiger charge is 2.24. The van der Waals surface area contributed by atoms with Crippen LogP contribution in [0.25, 0.3) is 0 Å². The lowest BCUT2D eigenvalue weighted by Crippen LogP contribution is -2.46. The zero-order chi connectivity index (χ0) is 26.2. The summed E-state index contributed by atoms with van der Waals surface area (Å²) in [6.45, 7) is 3.66. The van der Waals surface area contributed by atoms with Crippen molar-refractivity contribution in [3.63, 3.8) is 0 Å². The average molecular weight is 564 g/mol. The van der Waals surface area contributed by atoms with Gasteiger partial charge in [-0.15, -0.1) is 11.3 Å². The molecule has 1 aliphatic rings. The highest BCUT2D eigenvalue weighted by Crippen LogP contribution is 2.26. The van der Waals surface area contributed by atoms with E-state index in [1.54, 1.807) is 46.6 Å². The molecule has 1 fully saturated rings. The monoisotopic (exact) mass is 562 g/mol. The molecular formula is C27H29Cl2FN4O2S. The molecule has 3 amide bonds. The fourth-order valence-electron chi connectivity index (χ4n) is 4.20. The smallest absolute Gasteiger partial charge is 0.322 e. The Kier molecular flexibility index (Phi) is 9.80. The van der Waals surface area contributed by atoms with Crippen LogP contribution in [0.1, 0.15) is 23.3 Å². The van der Waals surface area contributed by atoms with E-state index >= 15 is 0 Å². The highest BCUT2D eigenvalue weighted by atomic mass is 35.5. The minimum atomic E-state index is -0.408. The van der Waals surface area contributed by atoms with Crippen molar-refractivity contribution in [1.82, 2.24) is 14.7 Å². The van der Waals surface area contributed by atoms with Crippen LogP contribution < -0.4 is 5.32 Å². The number of likely N-dealkylation sites (tertiary alicyclic amines) is 1. The Labute approximate surface area is 230 Å². The number of urea groups is 1. The standard InChI is InChI=1S/C27H29Cl2FN4O2S/c28-21-7-10-25(24(29)16-21)31-27(36)33(14-13-32-11-1-2-12-32)19-26(35)34(18-23-4-3-15-37-23)17-20-5-8-22(30)9-6-20/h3-10,15-16H,1-2,11-14,17-19H2,(H,31,36). The van der Waals surface area contributed by atoms with Gasteiger partial charge in [-0.1, -0.05) is 41.4 Å². The molecule has 0 aliphatic carbocycles. The summed E-state index contributed by atoms with van der Waals surface area (Å²) in [7, 11) is 0. The summed E-state index contributed by atoms with van der Waals surface area (Å²) < 4.78 is 13.4. The van der Waals surface area contributed by atoms with Crippen LogP contribution in [0.2, 0.25) is 10.0 Å². The lowest BCUT2D eigenvalue weighted by atomic mass is 10.2. The molecule has 0 bridgehead atoms. The lowest BCUT2D eigenvalue weighted by Gasteiger charge is -2.29. The fourth-order valence-corrected chi connectivity index (χ4v) is 5.38. The number of thiophene rings is 1. The summed E-state index contributed by atoms with van der Waals surface area (Å²) in [4.78, 5) is 33.5. The normalized spacial score (nSPS) is 13.5. The summed E-state index contributed by atoms with van der Waals surface area (Å²) in [5, 5.41) is 5.57. The number of benzene rings is 2. The number of carbonyl (C=O) groups is 2. The van der Waals surface area contributed by atoms with Gasteiger partial charge in [0.1, 0.15) is 12.4 Å². The average Bonchev–Trinajstić information content (AvgIpc) is 3.59. The Hall–Kier alpha value is -2.65. The minimum absolute atomic E-state index is 0.0997. The van der Waals surface area contributed by atoms with Gasteiger partial charge in [0, 0.05) is 29.5 Å². The van der Waals surface area contributed by atoms with Gasteiger partial charge in [0.15, 0.2) is 0 Å². The second-order valence-corrected chi connectivity index (χ2v) is 10.9. The fraction of sp³-hybridized carbons (Fsp3) is 0.333. The van der Waals surface area contributed by atoms with Crippen molar-refractivity contribution in [3.05, 3.63) is 86.3 Å². The zero-order valence-electron chi connectivity index (χ0n) is 20.3. The molecule has 0 saturated carbocycles. The van der Waals surface area contributed by atoms with Gasteiger partial charge in [0.25, 0.3) is 0 Å². The van der Waals surface area contributed by atoms with E-state index in [-0.39, 0.29) is 18.3 Å². The molecule has 10 heteroatoms. The number of rotatable bonds is 10. The first kappa shape index (κ1) is 27.4. The first-order chi connectivity index (χ1) is 17.9. The molecule has 1 saturated heterocycles. The van der Waals surface area contributed by atoms with E-state index in [0.29, 0.717) is 41.9 Å². The predicted molar refractivity (Wildman–Crippen MR) is 148 cm³/mol. The van der Waals surface area contributed by atoms with E-state index in [1.807, 2.05) is 17.5 Å². The number of carbonyl (C=O) groups excluding carboxylic acids is 2. The van der Waals surface area contributed by atoms with Crippen molar-refractivity contribution >= 4 is 52.2 Å². The topological polar surface area (TPSA) is 55.9 Å². The van der Waals surface area contributed by atoms with Crippen molar-refractivity contribution in [2.24, 2.45) is 0 Å². The Balaban J connectivity index is 1.50. The molecule has 1 aromatic heterocycles. The maximum absolute atomic E-state index is 13.6. The van der Waals surface area contributed by atoms with E-state index in [1.165, 1.54) is 17.0 Å². The Bertz CT molecular complexity index is 1190. The second kappa shape index (κ2) is 13.2. The maximum Gasteiger partial charge on any atom is 0.322 e. The number of anilines is 1. The number of hydrogen-bond acceptors (Lipinski definition) is 4. The van der Waals surface area contributed by atoms with E-state index in [2.05, 4.69) is 10.2 Å². The molecule has 2 aromatic carbocycles. The van der Waals surface area contributed by atoms with E-state index in [9.17, 15) is 14.0 Å². The molecule has 196 valence electrons. The third-order valence-electron chi connectivity index (χ3n) is 6.24. The van der Waals surface area contributed by atoms with Crippen LogP contribution in [0, 0.1) is 5.82 Å². The first-order valence-corrected chi connectivity index (χ1v) is 13.8. The van der Waals surface area contributed by atoms with Gasteiger partial charge in [-0.05, 0) is 73.3 Å². The second-order valence-electron chi connectivity index (χ2n) is 8.98. The summed E-state index contributed by atoms with van der Waals surface area (Å²) in [6, 6.07) is 14.5. The molecule has 0 spiro atoms. The van der Waals surface area contributed by atoms with Crippen molar-refractivity contribution < 1.29 is 14.0 Å². The Morgan fingerprint density at radius 3 is 2.43 bits per heavy atom. The van der Waals surface area contributed by atoms with Gasteiger partial charge >= 0.3 is 6.03 Å². The van der Waals surface area contributed by atoms with Crippen LogP contribution in [0.5, 0.6) is 0 Å². The minimum Gasteiger partial charge on any atom is -0.332 e. The van der Waals surface area contributed by atoms with Crippen LogP contribution in [-0.2, 0) is 17.9 Å². The molecule has 2 heterocycles. The number of halogens is 3. The van der Waals surface area contributed by atoms with Crippen LogP contribution in [0.15, 0.2) is 60.0 Å². The third-order valence-corrected chi connectivity index (χ3v) is 7.65. The zero-order valence-corrected chi connectivity index (χ0v) is 22.7. The van der Waals surface area contributed by atoms with E-state index in [0.717, 1.165) is 36.4 Å². The molecule has 0 atom stereocenters. The van der Waals surface area contributed by atoms with Crippen molar-refractivity contribution in [2.45, 2.75) is 25.9 Å². The summed E-state index contributed by atoms with van der Waals surface area (Å²) in [5.41, 5.74) is 1.24. The van der Waals surface area contributed by atoms with Gasteiger partial charge in [-0.25, -0.2) is 9.18 Å². The lowest BCUT2D eigenvalue weighted by molar-refractivity contribution is -0.133. The third kappa shape index (κ3) is 8.17. The molecule has 1 aliphatic heterocycles. The number of nitrogens with one attached hydrogen (secondary N) is 1. The molecule has 1 N–H and O–H groups in total. The van der Waals surface area contributed by atoms with Gasteiger partial charge in [0.05, 0.1) is 17.3 Å². The van der Waals surface area contributed by atoms with Gasteiger partial charge in [0.2, 0.25) is 5.91 Å². The van der Waals surface area contributed by atoms with Gasteiger partial charge in [-0.3, -0.25) is 4.79 Å². The molecule has 4 rings (SSSR count). The summed E-state index contributed by atoms with van der Waals surface area (Å²) >= 11 is 13.8. The molecule has 0 radical (unpaired) electrons. The van der Waals surface area contributed by atoms with Crippen LogP contribution >= 0.6 is 34.5 Å². The maximum atomic E-state index is 13.6. The van der Waals surface area contributed by atoms with E-state index < -0.39 is 6.03 Å². The van der Waals surface area contributed by atoms with Gasteiger partial charge in [-0.2, -0.15) is 0 Å². The Morgan fingerprint density at radius 2 is 1.76 bits per heavy atom. The molecule has 0 unspecified atom stereocenters. The number of hydrogen-bond donors (Lipinski definition) is 1. The summed E-state index contributed by atoms with van der Waals surface area (Å²) in [6.07, 6.45) is 2.27. The highest BCUT2D eigenvalue weighted by molar-refractivity contribution is 7.09. The van der Waals surface area contributed by atoms with Crippen molar-refractivity contribution in [1.29, 1.82) is 0 Å². The van der Waals surface area contributed by atoms with Gasteiger partial charge < -0.3 is 20.0 Å². The first-order valence-electron chi connectivity index (χ1n) is 12.2. The predicted octanol–water partition coefficient (Wildman–Crippen LogP) is 6.35. The van der Waals surface area contributed by atoms with Crippen molar-refractivity contribution in [3.8, 4) is 0 Å². The Morgan fingerprint density at radius 1 is 1.00 bits per heavy atom.